The topological polar surface area (TPSA) is 99.9 Å². The second kappa shape index (κ2) is 12.4. The molecule has 0 fully saturated rings. The third-order valence-corrected chi connectivity index (χ3v) is 3.43. The number of hydrogen-bond acceptors (Lipinski definition) is 6. The predicted molar refractivity (Wildman–Crippen MR) is 98.3 cm³/mol. The number of H-pyrrole nitrogens is 1. The molecule has 130 valence electrons. The third kappa shape index (κ3) is 7.98. The number of aromatic amines is 1. The van der Waals surface area contributed by atoms with Crippen molar-refractivity contribution < 1.29 is 14.6 Å². The molecule has 0 spiro atoms. The number of rotatable bonds is 4. The second-order valence-corrected chi connectivity index (χ2v) is 5.11. The first-order chi connectivity index (χ1) is 11.7. The van der Waals surface area contributed by atoms with Crippen LogP contribution in [0.5, 0.6) is 0 Å². The van der Waals surface area contributed by atoms with E-state index in [1.54, 1.807) is 13.1 Å². The number of aliphatic imine (C=N–C) groups is 2. The van der Waals surface area contributed by atoms with Crippen molar-refractivity contribution >= 4 is 34.3 Å². The predicted octanol–water partition coefficient (Wildman–Crippen LogP) is 1.97. The molecular weight excluding hydrogens is 376 g/mol. The lowest BCUT2D eigenvalue weighted by atomic mass is 10.3. The number of ether oxygens (including phenoxy) is 1. The number of nitrogens with one attached hydrogen (secondary N) is 1. The van der Waals surface area contributed by atoms with Crippen LogP contribution >= 0.6 is 15.9 Å². The minimum Gasteiger partial charge on any atom is -0.462 e. The van der Waals surface area contributed by atoms with Crippen molar-refractivity contribution in [3.8, 4) is 0 Å². The quantitative estimate of drug-likeness (QED) is 0.599. The van der Waals surface area contributed by atoms with E-state index in [0.29, 0.717) is 12.2 Å². The number of halogens is 1. The van der Waals surface area contributed by atoms with Gasteiger partial charge in [0, 0.05) is 24.0 Å². The summed E-state index contributed by atoms with van der Waals surface area (Å²) in [6.07, 6.45) is 10.5. The van der Waals surface area contributed by atoms with Crippen LogP contribution in [0.15, 0.2) is 45.7 Å². The van der Waals surface area contributed by atoms with Crippen LogP contribution in [0.3, 0.4) is 0 Å². The fraction of sp³-hybridized carbons (Fsp3) is 0.375. The molecule has 2 N–H and O–H groups in total. The number of hydrogen-bond donors (Lipinski definition) is 2. The molecule has 0 radical (unpaired) electrons. The molecule has 24 heavy (non-hydrogen) atoms. The Morgan fingerprint density at radius 1 is 1.29 bits per heavy atom. The number of allylic oxidation sites excluding steroid dienone is 1. The molecule has 3 heterocycles. The number of alkyl halides is 1. The molecule has 0 bridgehead atoms. The van der Waals surface area contributed by atoms with E-state index in [1.807, 2.05) is 12.3 Å². The van der Waals surface area contributed by atoms with Crippen molar-refractivity contribution in [3.05, 3.63) is 41.3 Å². The highest BCUT2D eigenvalue weighted by molar-refractivity contribution is 9.09. The zero-order valence-corrected chi connectivity index (χ0v) is 15.1. The first-order valence-corrected chi connectivity index (χ1v) is 8.53. The fourth-order valence-corrected chi connectivity index (χ4v) is 1.93. The number of aliphatic hydroxyl groups excluding tert-OH is 1. The average molecular weight is 397 g/mol. The maximum Gasteiger partial charge on any atom is 0.341 e. The van der Waals surface area contributed by atoms with Gasteiger partial charge in [-0.15, -0.1) is 0 Å². The van der Waals surface area contributed by atoms with Crippen LogP contribution in [0, 0.1) is 0 Å². The van der Waals surface area contributed by atoms with Gasteiger partial charge < -0.3 is 9.84 Å². The van der Waals surface area contributed by atoms with Crippen LogP contribution in [-0.4, -0.2) is 65.3 Å². The summed E-state index contributed by atoms with van der Waals surface area (Å²) in [5.41, 5.74) is 2.68. The monoisotopic (exact) mass is 396 g/mol. The Labute approximate surface area is 149 Å². The Kier molecular flexibility index (Phi) is 10.3. The molecular formula is C16H21BrN4O3. The number of carbonyl (C=O) groups excluding carboxylic acids is 1. The highest BCUT2D eigenvalue weighted by atomic mass is 79.9. The highest BCUT2D eigenvalue weighted by Crippen LogP contribution is 2.00. The Hall–Kier alpha value is -2.06. The lowest BCUT2D eigenvalue weighted by Crippen LogP contribution is -2.02. The Balaban J connectivity index is 0.000000185. The molecule has 1 aromatic rings. The Morgan fingerprint density at radius 2 is 1.96 bits per heavy atom. The summed E-state index contributed by atoms with van der Waals surface area (Å²) < 4.78 is 4.69. The maximum absolute atomic E-state index is 10.8. The van der Waals surface area contributed by atoms with E-state index in [0.717, 1.165) is 24.0 Å². The summed E-state index contributed by atoms with van der Waals surface area (Å²) in [6.45, 7) is 3.91. The normalized spacial score (nSPS) is 14.1. The molecule has 2 aliphatic heterocycles. The van der Waals surface area contributed by atoms with Crippen LogP contribution < -0.4 is 0 Å². The smallest absolute Gasteiger partial charge is 0.341 e. The van der Waals surface area contributed by atoms with Gasteiger partial charge in [0.2, 0.25) is 0 Å². The van der Waals surface area contributed by atoms with Crippen molar-refractivity contribution in [1.29, 1.82) is 0 Å². The zero-order valence-electron chi connectivity index (χ0n) is 13.5. The number of nitrogens with zero attached hydrogens (tertiary/aromatic N) is 3. The molecule has 7 nitrogen and oxygen atoms in total. The van der Waals surface area contributed by atoms with Gasteiger partial charge in [-0.3, -0.25) is 15.1 Å². The molecule has 0 saturated heterocycles. The van der Waals surface area contributed by atoms with E-state index in [9.17, 15) is 4.79 Å². The number of carbonyl (C=O) groups is 1. The molecule has 2 aliphatic rings. The van der Waals surface area contributed by atoms with Gasteiger partial charge in [-0.2, -0.15) is 5.10 Å². The second-order valence-electron chi connectivity index (χ2n) is 4.55. The van der Waals surface area contributed by atoms with Gasteiger partial charge in [0.1, 0.15) is 0 Å². The van der Waals surface area contributed by atoms with Gasteiger partial charge in [0.05, 0.1) is 38.1 Å². The zero-order chi connectivity index (χ0) is 17.6. The van der Waals surface area contributed by atoms with Gasteiger partial charge >= 0.3 is 5.97 Å². The fourth-order valence-electron chi connectivity index (χ4n) is 1.56. The Bertz CT molecular complexity index is 577. The van der Waals surface area contributed by atoms with Gasteiger partial charge in [-0.25, -0.2) is 4.79 Å². The maximum atomic E-state index is 10.8. The van der Waals surface area contributed by atoms with E-state index >= 15 is 0 Å². The average Bonchev–Trinajstić information content (AvgIpc) is 3.39. The highest BCUT2D eigenvalue weighted by Gasteiger charge is 2.05. The largest absolute Gasteiger partial charge is 0.462 e. The lowest BCUT2D eigenvalue weighted by Gasteiger charge is -1.95. The van der Waals surface area contributed by atoms with E-state index < -0.39 is 0 Å². The van der Waals surface area contributed by atoms with E-state index in [-0.39, 0.29) is 12.6 Å². The van der Waals surface area contributed by atoms with E-state index in [4.69, 9.17) is 5.11 Å². The molecule has 0 aromatic carbocycles. The third-order valence-electron chi connectivity index (χ3n) is 2.78. The molecule has 8 heteroatoms. The van der Waals surface area contributed by atoms with Crippen LogP contribution in [0.2, 0.25) is 0 Å². The summed E-state index contributed by atoms with van der Waals surface area (Å²) in [4.78, 5) is 18.7. The number of aromatic nitrogens is 2. The molecule has 3 rings (SSSR count). The summed E-state index contributed by atoms with van der Waals surface area (Å²) in [5.74, 6) is -0.337. The van der Waals surface area contributed by atoms with Crippen molar-refractivity contribution in [1.82, 2.24) is 10.2 Å². The standard InChI is InChI=1S/C6H8N2O2.C5H6BrN.C5H7NO/c1-2-10-6(9)5-3-7-8-4-5;6-3-5-1-2-7-4-5;7-4-5-1-2-6-3-5/h3-4H,2H2,1H3,(H,7,8);1,4H,2-3H2;1,3,7H,2,4H2. The summed E-state index contributed by atoms with van der Waals surface area (Å²) in [5, 5.41) is 15.5. The number of esters is 1. The van der Waals surface area contributed by atoms with Crippen molar-refractivity contribution in [2.24, 2.45) is 9.98 Å². The van der Waals surface area contributed by atoms with Crippen molar-refractivity contribution in [2.45, 2.75) is 6.92 Å². The molecule has 1 aromatic heterocycles. The summed E-state index contributed by atoms with van der Waals surface area (Å²) >= 11 is 3.32. The first-order valence-electron chi connectivity index (χ1n) is 7.41. The van der Waals surface area contributed by atoms with Gasteiger partial charge in [-0.05, 0) is 18.1 Å². The van der Waals surface area contributed by atoms with Crippen LogP contribution in [0.4, 0.5) is 0 Å². The molecule has 0 atom stereocenters. The molecule has 0 aliphatic carbocycles. The van der Waals surface area contributed by atoms with Gasteiger partial charge in [-0.1, -0.05) is 28.1 Å². The minimum atomic E-state index is -0.337. The van der Waals surface area contributed by atoms with E-state index in [1.165, 1.54) is 18.0 Å². The minimum absolute atomic E-state index is 0.128. The lowest BCUT2D eigenvalue weighted by molar-refractivity contribution is 0.0526. The van der Waals surface area contributed by atoms with Crippen molar-refractivity contribution in [2.75, 3.05) is 31.6 Å². The molecule has 0 saturated carbocycles. The Morgan fingerprint density at radius 3 is 2.29 bits per heavy atom. The molecule has 0 amide bonds. The summed E-state index contributed by atoms with van der Waals surface area (Å²) in [6, 6.07) is 0. The molecule has 0 unspecified atom stereocenters. The first kappa shape index (κ1) is 20.0. The van der Waals surface area contributed by atoms with Crippen LogP contribution in [-0.2, 0) is 4.74 Å². The van der Waals surface area contributed by atoms with Gasteiger partial charge in [0.25, 0.3) is 0 Å². The number of aliphatic hydroxyl groups is 1. The van der Waals surface area contributed by atoms with Crippen LogP contribution in [0.1, 0.15) is 17.3 Å². The van der Waals surface area contributed by atoms with Crippen molar-refractivity contribution in [3.63, 3.8) is 0 Å². The van der Waals surface area contributed by atoms with E-state index in [2.05, 4.69) is 46.9 Å². The summed E-state index contributed by atoms with van der Waals surface area (Å²) in [7, 11) is 0. The van der Waals surface area contributed by atoms with Gasteiger partial charge in [0.15, 0.2) is 0 Å². The SMILES string of the molecule is BrCC1=CCN=C1.CCOC(=O)c1cn[nH]c1.OCC1=CCN=C1. The van der Waals surface area contributed by atoms with Crippen LogP contribution in [0.25, 0.3) is 0 Å².